The highest BCUT2D eigenvalue weighted by atomic mass is 32.2. The number of phenols is 1. The van der Waals surface area contributed by atoms with Gasteiger partial charge in [0.05, 0.1) is 24.4 Å². The van der Waals surface area contributed by atoms with Crippen LogP contribution in [0.5, 0.6) is 11.5 Å². The molecule has 1 unspecified atom stereocenters. The average molecular weight is 614 g/mol. The number of anilines is 1. The van der Waals surface area contributed by atoms with Gasteiger partial charge in [0.2, 0.25) is 5.13 Å². The molecule has 1 aliphatic rings. The summed E-state index contributed by atoms with van der Waals surface area (Å²) < 4.78 is 7.75. The molecular formula is C31H27N5O5S2. The first-order valence-electron chi connectivity index (χ1n) is 13.3. The number of imidazole rings is 1. The third-order valence-electron chi connectivity index (χ3n) is 7.36. The number of ketones is 1. The van der Waals surface area contributed by atoms with E-state index in [1.807, 2.05) is 60.8 Å². The number of aryl methyl sites for hydroxylation is 3. The number of aliphatic hydroxyl groups excluding tert-OH is 1. The lowest BCUT2D eigenvalue weighted by atomic mass is 9.96. The Bertz CT molecular complexity index is 1930. The van der Waals surface area contributed by atoms with Crippen LogP contribution >= 0.6 is 23.1 Å². The van der Waals surface area contributed by atoms with E-state index in [2.05, 4.69) is 15.2 Å². The van der Waals surface area contributed by atoms with Crippen LogP contribution < -0.4 is 9.64 Å². The van der Waals surface area contributed by atoms with E-state index in [0.717, 1.165) is 11.1 Å². The summed E-state index contributed by atoms with van der Waals surface area (Å²) in [7, 11) is 1.40. The summed E-state index contributed by atoms with van der Waals surface area (Å²) in [6, 6.07) is 15.4. The summed E-state index contributed by atoms with van der Waals surface area (Å²) in [5, 5.41) is 30.7. The number of rotatable bonds is 7. The van der Waals surface area contributed by atoms with Gasteiger partial charge < -0.3 is 19.4 Å². The number of carbonyl (C=O) groups excluding carboxylic acids is 2. The van der Waals surface area contributed by atoms with Crippen molar-refractivity contribution >= 4 is 51.3 Å². The summed E-state index contributed by atoms with van der Waals surface area (Å²) >= 11 is 2.65. The van der Waals surface area contributed by atoms with Crippen molar-refractivity contribution in [1.29, 1.82) is 0 Å². The van der Waals surface area contributed by atoms with E-state index in [1.54, 1.807) is 13.0 Å². The number of Topliss-reactive ketones (excluding diaryl/α,β-unsaturated/α-hetero) is 1. The third-order valence-corrected chi connectivity index (χ3v) is 9.48. The van der Waals surface area contributed by atoms with Gasteiger partial charge in [0.25, 0.3) is 5.78 Å². The van der Waals surface area contributed by atoms with E-state index in [-0.39, 0.29) is 27.9 Å². The lowest BCUT2D eigenvalue weighted by molar-refractivity contribution is -0.132. The van der Waals surface area contributed by atoms with Gasteiger partial charge in [0.1, 0.15) is 11.3 Å². The number of fused-ring (bicyclic) bond motifs is 1. The smallest absolute Gasteiger partial charge is 0.301 e. The standard InChI is InChI=1S/C31H27N5O5S2/c1-16-7-9-19(10-8-16)15-42-31-34-33-30(43-31)36-25(20-11-12-21(37)22(14-20)41-4)23(27(39)29(36)40)26(38)24-18(3)35-13-5-6-17(2)28(35)32-24/h5-14,25,37-38H,15H2,1-4H3. The van der Waals surface area contributed by atoms with Crippen LogP contribution in [0.15, 0.2) is 70.7 Å². The Kier molecular flexibility index (Phi) is 7.40. The molecule has 0 saturated carbocycles. The summed E-state index contributed by atoms with van der Waals surface area (Å²) in [5.74, 6) is -1.46. The number of phenolic OH excluding ortho intramolecular Hbond substituents is 1. The molecule has 6 rings (SSSR count). The highest BCUT2D eigenvalue weighted by Gasteiger charge is 2.49. The molecular weight excluding hydrogens is 587 g/mol. The molecule has 3 aromatic heterocycles. The number of benzene rings is 2. The first-order valence-corrected chi connectivity index (χ1v) is 15.1. The highest BCUT2D eigenvalue weighted by Crippen LogP contribution is 2.45. The lowest BCUT2D eigenvalue weighted by Gasteiger charge is -2.23. The molecule has 43 heavy (non-hydrogen) atoms. The maximum Gasteiger partial charge on any atom is 0.301 e. The fourth-order valence-electron chi connectivity index (χ4n) is 5.07. The van der Waals surface area contributed by atoms with Crippen molar-refractivity contribution in [2.24, 2.45) is 0 Å². The summed E-state index contributed by atoms with van der Waals surface area (Å²) in [6.45, 7) is 5.71. The van der Waals surface area contributed by atoms with Crippen LogP contribution in [0, 0.1) is 20.8 Å². The minimum absolute atomic E-state index is 0.111. The molecule has 0 spiro atoms. The number of carbonyl (C=O) groups is 2. The van der Waals surface area contributed by atoms with E-state index in [4.69, 9.17) is 4.74 Å². The Labute approximate surface area is 255 Å². The normalized spacial score (nSPS) is 16.4. The maximum atomic E-state index is 13.7. The van der Waals surface area contributed by atoms with E-state index in [9.17, 15) is 19.8 Å². The molecule has 2 N–H and O–H groups in total. The number of hydrogen-bond acceptors (Lipinski definition) is 10. The molecule has 218 valence electrons. The SMILES string of the molecule is COc1cc(C2C(=C(O)c3nc4c(C)cccn4c3C)C(=O)C(=O)N2c2nnc(SCc3ccc(C)cc3)s2)ccc1O. The lowest BCUT2D eigenvalue weighted by Crippen LogP contribution is -2.29. The van der Waals surface area contributed by atoms with Gasteiger partial charge in [-0.15, -0.1) is 10.2 Å². The van der Waals surface area contributed by atoms with Gasteiger partial charge in [-0.05, 0) is 55.7 Å². The van der Waals surface area contributed by atoms with Crippen LogP contribution in [-0.2, 0) is 15.3 Å². The van der Waals surface area contributed by atoms with Crippen LogP contribution in [0.4, 0.5) is 5.13 Å². The molecule has 1 atom stereocenters. The van der Waals surface area contributed by atoms with Gasteiger partial charge in [-0.1, -0.05) is 65.1 Å². The summed E-state index contributed by atoms with van der Waals surface area (Å²) in [6.07, 6.45) is 1.82. The molecule has 1 amide bonds. The quantitative estimate of drug-likeness (QED) is 0.0775. The minimum atomic E-state index is -1.08. The molecule has 0 bridgehead atoms. The number of aromatic nitrogens is 4. The third kappa shape index (κ3) is 5.02. The van der Waals surface area contributed by atoms with Crippen LogP contribution in [0.1, 0.15) is 39.7 Å². The van der Waals surface area contributed by atoms with Gasteiger partial charge in [-0.25, -0.2) is 4.98 Å². The van der Waals surface area contributed by atoms with Gasteiger partial charge in [0.15, 0.2) is 21.6 Å². The number of methoxy groups -OCH3 is 1. The monoisotopic (exact) mass is 613 g/mol. The molecule has 0 aliphatic carbocycles. The van der Waals surface area contributed by atoms with Crippen LogP contribution in [0.25, 0.3) is 11.4 Å². The van der Waals surface area contributed by atoms with Crippen molar-refractivity contribution in [2.75, 3.05) is 12.0 Å². The van der Waals surface area contributed by atoms with Crippen LogP contribution in [0.2, 0.25) is 0 Å². The average Bonchev–Trinajstić information content (AvgIpc) is 3.68. The van der Waals surface area contributed by atoms with Crippen molar-refractivity contribution in [1.82, 2.24) is 19.6 Å². The second-order valence-corrected chi connectivity index (χ2v) is 12.3. The Balaban J connectivity index is 1.46. The zero-order valence-electron chi connectivity index (χ0n) is 23.7. The number of aliphatic hydroxyl groups is 1. The molecule has 10 nitrogen and oxygen atoms in total. The largest absolute Gasteiger partial charge is 0.505 e. The predicted octanol–water partition coefficient (Wildman–Crippen LogP) is 5.74. The predicted molar refractivity (Wildman–Crippen MR) is 165 cm³/mol. The fourth-order valence-corrected chi connectivity index (χ4v) is 6.89. The Morgan fingerprint density at radius 2 is 1.84 bits per heavy atom. The highest BCUT2D eigenvalue weighted by molar-refractivity contribution is 8.00. The Hall–Kier alpha value is -4.68. The van der Waals surface area contributed by atoms with Gasteiger partial charge in [-0.3, -0.25) is 14.5 Å². The molecule has 12 heteroatoms. The molecule has 1 saturated heterocycles. The van der Waals surface area contributed by atoms with E-state index in [0.29, 0.717) is 27.0 Å². The van der Waals surface area contributed by atoms with Crippen molar-refractivity contribution in [3.05, 3.63) is 100 Å². The van der Waals surface area contributed by atoms with Gasteiger partial charge in [-0.2, -0.15) is 0 Å². The number of nitrogens with zero attached hydrogens (tertiary/aromatic N) is 5. The Morgan fingerprint density at radius 3 is 2.56 bits per heavy atom. The van der Waals surface area contributed by atoms with Crippen LogP contribution in [-0.4, -0.2) is 48.6 Å². The molecule has 2 aromatic carbocycles. The molecule has 1 fully saturated rings. The topological polar surface area (TPSA) is 130 Å². The molecule has 1 aliphatic heterocycles. The zero-order valence-corrected chi connectivity index (χ0v) is 25.4. The second kappa shape index (κ2) is 11.2. The van der Waals surface area contributed by atoms with Crippen LogP contribution in [0.3, 0.4) is 0 Å². The van der Waals surface area contributed by atoms with Gasteiger partial charge in [0, 0.05) is 11.9 Å². The number of amides is 1. The van der Waals surface area contributed by atoms with E-state index >= 15 is 0 Å². The maximum absolute atomic E-state index is 13.7. The Morgan fingerprint density at radius 1 is 1.07 bits per heavy atom. The minimum Gasteiger partial charge on any atom is -0.505 e. The summed E-state index contributed by atoms with van der Waals surface area (Å²) in [4.78, 5) is 33.2. The molecule has 0 radical (unpaired) electrons. The first kappa shape index (κ1) is 28.4. The number of thioether (sulfide) groups is 1. The molecule has 4 heterocycles. The van der Waals surface area contributed by atoms with E-state index in [1.165, 1.54) is 52.8 Å². The zero-order chi connectivity index (χ0) is 30.4. The number of pyridine rings is 1. The van der Waals surface area contributed by atoms with Crippen molar-refractivity contribution < 1.29 is 24.5 Å². The number of ether oxygens (including phenoxy) is 1. The number of aromatic hydroxyl groups is 1. The second-order valence-electron chi connectivity index (χ2n) is 10.2. The van der Waals surface area contributed by atoms with Crippen molar-refractivity contribution in [2.45, 2.75) is 36.9 Å². The van der Waals surface area contributed by atoms with E-state index < -0.39 is 23.5 Å². The fraction of sp³-hybridized carbons (Fsp3) is 0.194. The van der Waals surface area contributed by atoms with Gasteiger partial charge >= 0.3 is 5.91 Å². The number of hydrogen-bond donors (Lipinski definition) is 2. The van der Waals surface area contributed by atoms with Crippen molar-refractivity contribution in [3.63, 3.8) is 0 Å². The summed E-state index contributed by atoms with van der Waals surface area (Å²) in [5.41, 5.74) is 4.87. The molecule has 5 aromatic rings. The van der Waals surface area contributed by atoms with Crippen molar-refractivity contribution in [3.8, 4) is 11.5 Å². The first-order chi connectivity index (χ1) is 20.7.